The first-order valence-electron chi connectivity index (χ1n) is 10.1. The van der Waals surface area contributed by atoms with Crippen LogP contribution < -0.4 is 11.2 Å². The molecule has 2 aliphatic rings. The monoisotopic (exact) mass is 527 g/mol. The number of nitrogens with one attached hydrogen (secondary N) is 1. The van der Waals surface area contributed by atoms with Gasteiger partial charge in [-0.1, -0.05) is 20.8 Å². The Labute approximate surface area is 197 Å². The SMILES string of the molecule is Cc1cn([C@@H]2O[C@H](CO[Si](C)(C)C(C)(C)C)[C@@H](O[P+]3(S)SCCS3)[C@H]2O)c(=O)[nH]c1=O. The Morgan fingerprint density at radius 3 is 2.55 bits per heavy atom. The van der Waals surface area contributed by atoms with Gasteiger partial charge < -0.3 is 14.3 Å². The predicted octanol–water partition coefficient (Wildman–Crippen LogP) is 3.60. The smallest absolute Gasteiger partial charge is 0.330 e. The van der Waals surface area contributed by atoms with Crippen molar-refractivity contribution in [2.75, 3.05) is 18.1 Å². The lowest BCUT2D eigenvalue weighted by molar-refractivity contribution is -0.0526. The highest BCUT2D eigenvalue weighted by atomic mass is 33.4. The van der Waals surface area contributed by atoms with Crippen molar-refractivity contribution in [2.45, 2.75) is 70.4 Å². The second-order valence-corrected chi connectivity index (χ2v) is 25.2. The third-order valence-electron chi connectivity index (χ3n) is 5.99. The van der Waals surface area contributed by atoms with E-state index in [4.69, 9.17) is 25.9 Å². The van der Waals surface area contributed by atoms with E-state index in [2.05, 4.69) is 38.8 Å². The van der Waals surface area contributed by atoms with Crippen LogP contribution in [0.2, 0.25) is 18.1 Å². The lowest BCUT2D eigenvalue weighted by atomic mass is 10.1. The second kappa shape index (κ2) is 9.46. The Balaban J connectivity index is 1.88. The molecule has 13 heteroatoms. The van der Waals surface area contributed by atoms with Crippen molar-refractivity contribution < 1.29 is 18.8 Å². The lowest BCUT2D eigenvalue weighted by Gasteiger charge is -2.37. The first-order valence-corrected chi connectivity index (χ1v) is 19.1. The van der Waals surface area contributed by atoms with Gasteiger partial charge in [-0.3, -0.25) is 14.3 Å². The molecular weight excluding hydrogens is 495 g/mol. The maximum absolute atomic E-state index is 12.4. The molecule has 0 saturated carbocycles. The molecule has 0 spiro atoms. The summed E-state index contributed by atoms with van der Waals surface area (Å²) < 4.78 is 20.1. The zero-order valence-corrected chi connectivity index (χ0v) is 23.1. The largest absolute Gasteiger partial charge is 0.414 e. The minimum absolute atomic E-state index is 0.0157. The number of hydrogen-bond acceptors (Lipinski definition) is 9. The fourth-order valence-electron chi connectivity index (χ4n) is 3.05. The van der Waals surface area contributed by atoms with Crippen molar-refractivity contribution in [3.05, 3.63) is 32.6 Å². The van der Waals surface area contributed by atoms with Crippen LogP contribution in [0.15, 0.2) is 15.8 Å². The fourth-order valence-corrected chi connectivity index (χ4v) is 13.6. The van der Waals surface area contributed by atoms with Crippen molar-refractivity contribution in [1.82, 2.24) is 9.55 Å². The molecule has 1 aromatic heterocycles. The number of aromatic nitrogens is 2. The molecule has 2 fully saturated rings. The minimum atomic E-state index is -2.09. The predicted molar refractivity (Wildman–Crippen MR) is 135 cm³/mol. The summed E-state index contributed by atoms with van der Waals surface area (Å²) in [5, 5.41) is 9.07. The number of H-pyrrole nitrogens is 1. The standard InChI is InChI=1S/C18H31N2O6PS3Si/c1-11-9-20(17(23)19-15(11)22)16-13(21)14(26-27(28)29-7-8-30-27)12(25-16)10-24-31(5,6)18(2,3)4/h9,12-14,16,21,28H,7-8,10H2,1-6H3/p+1/t12-,13-,14-,16-/m1/s1. The normalized spacial score (nSPS) is 28.9. The average molecular weight is 528 g/mol. The van der Waals surface area contributed by atoms with E-state index in [1.807, 2.05) is 0 Å². The summed E-state index contributed by atoms with van der Waals surface area (Å²) in [7, 11) is -2.07. The van der Waals surface area contributed by atoms with E-state index in [1.165, 1.54) is 10.8 Å². The molecule has 3 rings (SSSR count). The lowest BCUT2D eigenvalue weighted by Crippen LogP contribution is -2.45. The highest BCUT2D eigenvalue weighted by Gasteiger charge is 2.56. The van der Waals surface area contributed by atoms with E-state index in [1.54, 1.807) is 29.7 Å². The number of aliphatic hydroxyl groups excluding tert-OH is 1. The molecule has 0 unspecified atom stereocenters. The van der Waals surface area contributed by atoms with E-state index in [0.717, 1.165) is 11.5 Å². The van der Waals surface area contributed by atoms with Crippen LogP contribution in [0.4, 0.5) is 0 Å². The van der Waals surface area contributed by atoms with Crippen molar-refractivity contribution in [3.63, 3.8) is 0 Å². The maximum atomic E-state index is 12.4. The number of thiol groups is 1. The summed E-state index contributed by atoms with van der Waals surface area (Å²) >= 11 is 8.11. The first kappa shape index (κ1) is 25.8. The van der Waals surface area contributed by atoms with Gasteiger partial charge in [0.25, 0.3) is 5.56 Å². The fraction of sp³-hybridized carbons (Fsp3) is 0.778. The molecule has 4 atom stereocenters. The van der Waals surface area contributed by atoms with Gasteiger partial charge in [-0.15, -0.1) is 0 Å². The van der Waals surface area contributed by atoms with Crippen molar-refractivity contribution in [3.8, 4) is 0 Å². The van der Waals surface area contributed by atoms with Crippen molar-refractivity contribution >= 4 is 48.4 Å². The Bertz CT molecular complexity index is 915. The zero-order chi connectivity index (χ0) is 23.2. The highest BCUT2D eigenvalue weighted by Crippen LogP contribution is 2.87. The third kappa shape index (κ3) is 5.66. The molecule has 0 aliphatic carbocycles. The third-order valence-corrected chi connectivity index (χ3v) is 20.5. The molecule has 2 saturated heterocycles. The highest BCUT2D eigenvalue weighted by molar-refractivity contribution is 9.15. The molecular formula is C18H32N2O6PS3Si+. The van der Waals surface area contributed by atoms with Gasteiger partial charge in [0, 0.05) is 23.3 Å². The van der Waals surface area contributed by atoms with Crippen LogP contribution in [-0.4, -0.2) is 59.4 Å². The van der Waals surface area contributed by atoms with Gasteiger partial charge >= 0.3 is 10.8 Å². The van der Waals surface area contributed by atoms with Gasteiger partial charge in [0.05, 0.1) is 41.6 Å². The molecule has 0 radical (unpaired) electrons. The van der Waals surface area contributed by atoms with Crippen LogP contribution >= 0.6 is 40.1 Å². The van der Waals surface area contributed by atoms with Gasteiger partial charge in [0.2, 0.25) is 0 Å². The Hall–Kier alpha value is 0.217. The summed E-state index contributed by atoms with van der Waals surface area (Å²) in [5.74, 6) is 1.89. The molecule has 0 amide bonds. The number of aliphatic hydroxyl groups is 1. The molecule has 8 nitrogen and oxygen atoms in total. The van der Waals surface area contributed by atoms with Crippen LogP contribution in [0.3, 0.4) is 0 Å². The Morgan fingerprint density at radius 1 is 1.35 bits per heavy atom. The van der Waals surface area contributed by atoms with E-state index < -0.39 is 49.2 Å². The van der Waals surface area contributed by atoms with Gasteiger partial charge in [-0.2, -0.15) is 4.52 Å². The van der Waals surface area contributed by atoms with Crippen LogP contribution in [0.1, 0.15) is 32.6 Å². The number of rotatable bonds is 6. The summed E-state index contributed by atoms with van der Waals surface area (Å²) in [6, 6.07) is 0. The van der Waals surface area contributed by atoms with Crippen LogP contribution in [0.25, 0.3) is 0 Å². The van der Waals surface area contributed by atoms with Gasteiger partial charge in [-0.25, -0.2) is 4.79 Å². The first-order chi connectivity index (χ1) is 14.2. The molecule has 31 heavy (non-hydrogen) atoms. The summed E-state index contributed by atoms with van der Waals surface area (Å²) in [5.41, 5.74) is -0.739. The van der Waals surface area contributed by atoms with Gasteiger partial charge in [0.15, 0.2) is 20.6 Å². The molecule has 176 valence electrons. The molecule has 0 bridgehead atoms. The molecule has 2 N–H and O–H groups in total. The van der Waals surface area contributed by atoms with Crippen LogP contribution in [0, 0.1) is 6.92 Å². The van der Waals surface area contributed by atoms with E-state index in [0.29, 0.717) is 5.56 Å². The molecule has 0 aromatic carbocycles. The number of ether oxygens (including phenoxy) is 1. The minimum Gasteiger partial charge on any atom is -0.414 e. The summed E-state index contributed by atoms with van der Waals surface area (Å²) in [6.45, 7) is 12.6. The van der Waals surface area contributed by atoms with E-state index in [9.17, 15) is 14.7 Å². The molecule has 3 heterocycles. The molecule has 1 aromatic rings. The van der Waals surface area contributed by atoms with Gasteiger partial charge in [0.1, 0.15) is 12.2 Å². The quantitative estimate of drug-likeness (QED) is 0.293. The van der Waals surface area contributed by atoms with Crippen molar-refractivity contribution in [1.29, 1.82) is 0 Å². The topological polar surface area (TPSA) is 103 Å². The summed E-state index contributed by atoms with van der Waals surface area (Å²) in [6.07, 6.45) is -1.95. The number of hydrogen-bond donors (Lipinski definition) is 3. The Morgan fingerprint density at radius 2 is 1.97 bits per heavy atom. The average Bonchev–Trinajstić information content (AvgIpc) is 3.21. The number of nitrogens with zero attached hydrogens (tertiary/aromatic N) is 1. The maximum Gasteiger partial charge on any atom is 0.330 e. The number of aryl methyl sites for hydroxylation is 1. The van der Waals surface area contributed by atoms with Crippen molar-refractivity contribution in [2.24, 2.45) is 0 Å². The van der Waals surface area contributed by atoms with Crippen LogP contribution in [0.5, 0.6) is 0 Å². The number of aromatic amines is 1. The zero-order valence-electron chi connectivity index (χ0n) is 18.7. The van der Waals surface area contributed by atoms with Gasteiger partial charge in [-0.05, 0) is 25.1 Å². The second-order valence-electron chi connectivity index (χ2n) is 9.31. The Kier molecular flexibility index (Phi) is 7.88. The van der Waals surface area contributed by atoms with E-state index >= 15 is 0 Å². The molecule has 2 aliphatic heterocycles. The van der Waals surface area contributed by atoms with E-state index in [-0.39, 0.29) is 11.6 Å². The van der Waals surface area contributed by atoms with Crippen LogP contribution in [-0.2, 0) is 13.7 Å². The summed E-state index contributed by atoms with van der Waals surface area (Å²) in [4.78, 5) is 26.5.